The van der Waals surface area contributed by atoms with Crippen LogP contribution in [0.15, 0.2) is 67.0 Å². The summed E-state index contributed by atoms with van der Waals surface area (Å²) in [5, 5.41) is 0. The van der Waals surface area contributed by atoms with E-state index in [0.717, 1.165) is 24.8 Å². The van der Waals surface area contributed by atoms with Gasteiger partial charge < -0.3 is 9.80 Å². The van der Waals surface area contributed by atoms with Crippen LogP contribution in [0.5, 0.6) is 0 Å². The third-order valence-electron chi connectivity index (χ3n) is 6.03. The van der Waals surface area contributed by atoms with Gasteiger partial charge in [-0.25, -0.2) is 0 Å². The molecule has 1 atom stereocenters. The van der Waals surface area contributed by atoms with Gasteiger partial charge in [0.1, 0.15) is 0 Å². The summed E-state index contributed by atoms with van der Waals surface area (Å²) >= 11 is 0. The Balaban J connectivity index is 1.38. The lowest BCUT2D eigenvalue weighted by atomic mass is 9.81. The number of carbonyl (C=O) groups is 2. The zero-order chi connectivity index (χ0) is 20.1. The second-order valence-corrected chi connectivity index (χ2v) is 7.89. The molecule has 4 rings (SSSR count). The maximum absolute atomic E-state index is 13.3. The zero-order valence-electron chi connectivity index (χ0n) is 16.6. The van der Waals surface area contributed by atoms with Crippen molar-refractivity contribution >= 4 is 11.8 Å². The molecule has 0 bridgehead atoms. The van der Waals surface area contributed by atoms with E-state index in [1.807, 2.05) is 34.1 Å². The highest BCUT2D eigenvalue weighted by molar-refractivity contribution is 5.93. The van der Waals surface area contributed by atoms with Crippen molar-refractivity contribution in [2.24, 2.45) is 11.8 Å². The molecule has 29 heavy (non-hydrogen) atoms. The molecule has 0 radical (unpaired) electrons. The summed E-state index contributed by atoms with van der Waals surface area (Å²) < 4.78 is 0. The number of likely N-dealkylation sites (tertiary alicyclic amines) is 1. The normalized spacial score (nSPS) is 20.6. The van der Waals surface area contributed by atoms with E-state index in [1.54, 1.807) is 18.5 Å². The van der Waals surface area contributed by atoms with Crippen LogP contribution in [0.4, 0.5) is 0 Å². The molecule has 1 aromatic heterocycles. The number of nitrogens with zero attached hydrogens (tertiary/aromatic N) is 3. The number of piperidine rings is 1. The number of allylic oxidation sites excluding steroid dienone is 1. The van der Waals surface area contributed by atoms with Crippen molar-refractivity contribution in [1.29, 1.82) is 0 Å². The van der Waals surface area contributed by atoms with Gasteiger partial charge in [0.2, 0.25) is 5.91 Å². The van der Waals surface area contributed by atoms with Crippen LogP contribution in [-0.2, 0) is 11.3 Å². The minimum atomic E-state index is 0.00751. The van der Waals surface area contributed by atoms with Gasteiger partial charge in [-0.3, -0.25) is 14.6 Å². The van der Waals surface area contributed by atoms with Crippen LogP contribution in [0, 0.1) is 11.8 Å². The van der Waals surface area contributed by atoms with Gasteiger partial charge in [0.05, 0.1) is 5.56 Å². The molecule has 5 heteroatoms. The molecule has 0 spiro atoms. The largest absolute Gasteiger partial charge is 0.339 e. The van der Waals surface area contributed by atoms with Crippen molar-refractivity contribution in [3.8, 4) is 0 Å². The fraction of sp³-hybridized carbons (Fsp3) is 0.375. The molecule has 1 saturated heterocycles. The predicted molar refractivity (Wildman–Crippen MR) is 112 cm³/mol. The topological polar surface area (TPSA) is 53.5 Å². The fourth-order valence-corrected chi connectivity index (χ4v) is 4.39. The molecule has 1 unspecified atom stereocenters. The Morgan fingerprint density at radius 2 is 1.83 bits per heavy atom. The molecular formula is C24H27N3O2. The van der Waals surface area contributed by atoms with E-state index < -0.39 is 0 Å². The molecular weight excluding hydrogens is 362 g/mol. The smallest absolute Gasteiger partial charge is 0.255 e. The summed E-state index contributed by atoms with van der Waals surface area (Å²) in [7, 11) is 0. The van der Waals surface area contributed by atoms with Gasteiger partial charge in [-0.05, 0) is 42.9 Å². The SMILES string of the molecule is O=C(c1cccnc1)N1CCC(C2CC=CCN(Cc3ccccc3)C2=O)CC1. The Morgan fingerprint density at radius 3 is 2.55 bits per heavy atom. The Bertz CT molecular complexity index is 858. The maximum atomic E-state index is 13.3. The first kappa shape index (κ1) is 19.4. The first-order valence-corrected chi connectivity index (χ1v) is 10.4. The quantitative estimate of drug-likeness (QED) is 0.752. The van der Waals surface area contributed by atoms with Crippen molar-refractivity contribution in [3.63, 3.8) is 0 Å². The summed E-state index contributed by atoms with van der Waals surface area (Å²) in [6, 6.07) is 13.8. The number of hydrogen-bond donors (Lipinski definition) is 0. The number of pyridine rings is 1. The number of rotatable bonds is 4. The molecule has 0 saturated carbocycles. The van der Waals surface area contributed by atoms with Crippen LogP contribution in [-0.4, -0.2) is 46.2 Å². The first-order valence-electron chi connectivity index (χ1n) is 10.4. The highest BCUT2D eigenvalue weighted by atomic mass is 16.2. The van der Waals surface area contributed by atoms with E-state index in [0.29, 0.717) is 37.7 Å². The van der Waals surface area contributed by atoms with Crippen molar-refractivity contribution in [3.05, 3.63) is 78.1 Å². The van der Waals surface area contributed by atoms with Crippen LogP contribution < -0.4 is 0 Å². The molecule has 3 heterocycles. The minimum absolute atomic E-state index is 0.00751. The molecule has 0 N–H and O–H groups in total. The Labute approximate surface area is 172 Å². The molecule has 1 aromatic carbocycles. The summed E-state index contributed by atoms with van der Waals surface area (Å²) in [4.78, 5) is 33.9. The molecule has 2 aromatic rings. The van der Waals surface area contributed by atoms with Gasteiger partial charge in [-0.2, -0.15) is 0 Å². The number of amides is 2. The monoisotopic (exact) mass is 389 g/mol. The summed E-state index contributed by atoms with van der Waals surface area (Å²) in [5.74, 6) is 0.611. The van der Waals surface area contributed by atoms with E-state index in [9.17, 15) is 9.59 Å². The minimum Gasteiger partial charge on any atom is -0.339 e. The van der Waals surface area contributed by atoms with Crippen LogP contribution in [0.25, 0.3) is 0 Å². The lowest BCUT2D eigenvalue weighted by molar-refractivity contribution is -0.137. The Kier molecular flexibility index (Phi) is 6.03. The van der Waals surface area contributed by atoms with E-state index in [1.165, 1.54) is 0 Å². The highest BCUT2D eigenvalue weighted by Crippen LogP contribution is 2.31. The highest BCUT2D eigenvalue weighted by Gasteiger charge is 2.35. The lowest BCUT2D eigenvalue weighted by Gasteiger charge is -2.36. The Morgan fingerprint density at radius 1 is 1.03 bits per heavy atom. The average Bonchev–Trinajstić information content (AvgIpc) is 2.96. The second kappa shape index (κ2) is 9.03. The predicted octanol–water partition coefficient (Wildman–Crippen LogP) is 3.54. The number of benzene rings is 1. The molecule has 2 aliphatic rings. The summed E-state index contributed by atoms with van der Waals surface area (Å²) in [5.41, 5.74) is 1.79. The van der Waals surface area contributed by atoms with Gasteiger partial charge in [0, 0.05) is 44.5 Å². The van der Waals surface area contributed by atoms with Crippen LogP contribution in [0.2, 0.25) is 0 Å². The third-order valence-corrected chi connectivity index (χ3v) is 6.03. The average molecular weight is 389 g/mol. The van der Waals surface area contributed by atoms with Crippen molar-refractivity contribution in [2.75, 3.05) is 19.6 Å². The molecule has 0 aliphatic carbocycles. The molecule has 1 fully saturated rings. The molecule has 5 nitrogen and oxygen atoms in total. The van der Waals surface area contributed by atoms with Gasteiger partial charge in [-0.1, -0.05) is 42.5 Å². The van der Waals surface area contributed by atoms with E-state index >= 15 is 0 Å². The number of aromatic nitrogens is 1. The Hall–Kier alpha value is -2.95. The second-order valence-electron chi connectivity index (χ2n) is 7.89. The van der Waals surface area contributed by atoms with Crippen LogP contribution in [0.3, 0.4) is 0 Å². The molecule has 2 amide bonds. The lowest BCUT2D eigenvalue weighted by Crippen LogP contribution is -2.44. The van der Waals surface area contributed by atoms with Crippen molar-refractivity contribution < 1.29 is 9.59 Å². The van der Waals surface area contributed by atoms with Gasteiger partial charge in [0.25, 0.3) is 5.91 Å². The van der Waals surface area contributed by atoms with Gasteiger partial charge in [-0.15, -0.1) is 0 Å². The van der Waals surface area contributed by atoms with Gasteiger partial charge >= 0.3 is 0 Å². The summed E-state index contributed by atoms with van der Waals surface area (Å²) in [6.07, 6.45) is 10.1. The molecule has 150 valence electrons. The maximum Gasteiger partial charge on any atom is 0.255 e. The first-order chi connectivity index (χ1) is 14.2. The number of carbonyl (C=O) groups excluding carboxylic acids is 2. The zero-order valence-corrected chi connectivity index (χ0v) is 16.6. The van der Waals surface area contributed by atoms with E-state index in [-0.39, 0.29) is 17.7 Å². The molecule has 2 aliphatic heterocycles. The standard InChI is InChI=1S/C24H27N3O2/c28-23(21-9-6-13-25-17-21)26-15-11-20(12-16-26)22-10-4-5-14-27(24(22)29)18-19-7-2-1-3-8-19/h1-9,13,17,20,22H,10-12,14-16,18H2. The van der Waals surface area contributed by atoms with E-state index in [2.05, 4.69) is 29.3 Å². The summed E-state index contributed by atoms with van der Waals surface area (Å²) in [6.45, 7) is 2.72. The fourth-order valence-electron chi connectivity index (χ4n) is 4.39. The van der Waals surface area contributed by atoms with Gasteiger partial charge in [0.15, 0.2) is 0 Å². The van der Waals surface area contributed by atoms with Crippen LogP contribution in [0.1, 0.15) is 35.2 Å². The number of hydrogen-bond acceptors (Lipinski definition) is 3. The van der Waals surface area contributed by atoms with E-state index in [4.69, 9.17) is 0 Å². The van der Waals surface area contributed by atoms with Crippen molar-refractivity contribution in [2.45, 2.75) is 25.8 Å². The van der Waals surface area contributed by atoms with Crippen LogP contribution >= 0.6 is 0 Å². The van der Waals surface area contributed by atoms with Crippen molar-refractivity contribution in [1.82, 2.24) is 14.8 Å². The third kappa shape index (κ3) is 4.56.